The van der Waals surface area contributed by atoms with Gasteiger partial charge in [-0.15, -0.1) is 0 Å². The highest BCUT2D eigenvalue weighted by Crippen LogP contribution is 2.35. The highest BCUT2D eigenvalue weighted by atomic mass is 16.3. The minimum absolute atomic E-state index is 0.00501. The van der Waals surface area contributed by atoms with Gasteiger partial charge in [-0.05, 0) is 12.1 Å². The summed E-state index contributed by atoms with van der Waals surface area (Å²) in [6, 6.07) is 3.56. The fraction of sp³-hybridized carbons (Fsp3) is 0.300. The van der Waals surface area contributed by atoms with Gasteiger partial charge in [0, 0.05) is 32.2 Å². The van der Waals surface area contributed by atoms with Crippen molar-refractivity contribution in [3.63, 3.8) is 0 Å². The van der Waals surface area contributed by atoms with Gasteiger partial charge in [-0.3, -0.25) is 14.5 Å². The average molecular weight is 430 g/mol. The normalized spacial score (nSPS) is 11.3. The number of phenols is 3. The topological polar surface area (TPSA) is 176 Å². The van der Waals surface area contributed by atoms with E-state index >= 15 is 0 Å². The number of rotatable bonds is 9. The van der Waals surface area contributed by atoms with Gasteiger partial charge in [0.05, 0.1) is 24.3 Å². The number of phenolic OH excluding ortho intramolecular Hbond substituents is 3. The van der Waals surface area contributed by atoms with Gasteiger partial charge in [-0.25, -0.2) is 9.97 Å². The number of nitrogens with one attached hydrogen (secondary N) is 1. The summed E-state index contributed by atoms with van der Waals surface area (Å²) in [6.45, 7) is 1.14. The van der Waals surface area contributed by atoms with Gasteiger partial charge in [-0.1, -0.05) is 0 Å². The fourth-order valence-corrected chi connectivity index (χ4v) is 3.23. The number of aromatic nitrogens is 2. The van der Waals surface area contributed by atoms with Crippen LogP contribution in [0.25, 0.3) is 22.1 Å². The van der Waals surface area contributed by atoms with Crippen LogP contribution in [-0.2, 0) is 0 Å². The minimum atomic E-state index is -0.513. The van der Waals surface area contributed by atoms with Gasteiger partial charge >= 0.3 is 0 Å². The lowest BCUT2D eigenvalue weighted by Crippen LogP contribution is -2.37. The highest BCUT2D eigenvalue weighted by molar-refractivity contribution is 6.09. The Balaban J connectivity index is 1.98. The number of nitrogens with zero attached hydrogens (tertiary/aromatic N) is 3. The Morgan fingerprint density at radius 3 is 2.19 bits per heavy atom. The molecule has 31 heavy (non-hydrogen) atoms. The maximum atomic E-state index is 12.7. The molecule has 0 radical (unpaired) electrons. The molecular weight excluding hydrogens is 408 g/mol. The second-order valence-electron chi connectivity index (χ2n) is 6.74. The van der Waals surface area contributed by atoms with E-state index in [-0.39, 0.29) is 58.7 Å². The minimum Gasteiger partial charge on any atom is -0.507 e. The van der Waals surface area contributed by atoms with Crippen LogP contribution in [0.5, 0.6) is 17.2 Å². The molecule has 2 aromatic carbocycles. The third-order valence-electron chi connectivity index (χ3n) is 4.76. The van der Waals surface area contributed by atoms with E-state index in [1.54, 1.807) is 4.90 Å². The molecule has 0 fully saturated rings. The number of aromatic hydroxyl groups is 3. The van der Waals surface area contributed by atoms with Crippen LogP contribution in [0.15, 0.2) is 18.2 Å². The van der Waals surface area contributed by atoms with Crippen molar-refractivity contribution < 1.29 is 35.1 Å². The molecule has 1 amide bonds. The Bertz CT molecular complexity index is 1130. The van der Waals surface area contributed by atoms with Crippen molar-refractivity contribution in [2.45, 2.75) is 0 Å². The first-order valence-corrected chi connectivity index (χ1v) is 9.47. The molecule has 3 aromatic rings. The Hall–Kier alpha value is -3.54. The Kier molecular flexibility index (Phi) is 6.80. The smallest absolute Gasteiger partial charge is 0.253 e. The summed E-state index contributed by atoms with van der Waals surface area (Å²) in [7, 11) is 0. The van der Waals surface area contributed by atoms with E-state index in [0.29, 0.717) is 25.9 Å². The quantitative estimate of drug-likeness (QED) is 0.196. The van der Waals surface area contributed by atoms with E-state index in [1.807, 2.05) is 0 Å². The van der Waals surface area contributed by atoms with Crippen molar-refractivity contribution in [2.75, 3.05) is 39.4 Å². The zero-order valence-electron chi connectivity index (χ0n) is 16.4. The lowest BCUT2D eigenvalue weighted by Gasteiger charge is -2.20. The zero-order valence-corrected chi connectivity index (χ0v) is 16.4. The maximum absolute atomic E-state index is 12.7. The predicted molar refractivity (Wildman–Crippen MR) is 110 cm³/mol. The number of carbonyl (C=O) groups excluding carboxylic acids is 2. The van der Waals surface area contributed by atoms with Crippen LogP contribution in [-0.4, -0.2) is 92.0 Å². The molecule has 0 spiro atoms. The SMILES string of the molecule is O=Cc1c(O)cc(O)c2nc3c(C(=O)NCCN(CCO)CCO)ccc(O)c3nc12. The summed E-state index contributed by atoms with van der Waals surface area (Å²) in [5.41, 5.74) is -0.413. The van der Waals surface area contributed by atoms with Crippen LogP contribution in [0.4, 0.5) is 0 Å². The lowest BCUT2D eigenvalue weighted by atomic mass is 10.1. The van der Waals surface area contributed by atoms with Gasteiger partial charge in [0.1, 0.15) is 39.3 Å². The molecule has 1 heterocycles. The number of aldehydes is 1. The highest BCUT2D eigenvalue weighted by Gasteiger charge is 2.20. The number of benzene rings is 2. The monoisotopic (exact) mass is 430 g/mol. The molecule has 164 valence electrons. The summed E-state index contributed by atoms with van der Waals surface area (Å²) in [6.07, 6.45) is 0.357. The summed E-state index contributed by atoms with van der Waals surface area (Å²) in [5, 5.41) is 51.0. The van der Waals surface area contributed by atoms with Gasteiger partial charge in [0.15, 0.2) is 6.29 Å². The second-order valence-corrected chi connectivity index (χ2v) is 6.74. The van der Waals surface area contributed by atoms with Crippen molar-refractivity contribution in [3.8, 4) is 17.2 Å². The average Bonchev–Trinajstić information content (AvgIpc) is 2.74. The standard InChI is InChI=1S/C20H22N4O7/c25-7-5-24(6-8-26)4-3-21-20(31)11-1-2-13(28)18-16(11)22-19-15(30)9-14(29)12(10-27)17(19)23-18/h1-2,9-10,25-26,28-30H,3-8H2,(H,21,31). The predicted octanol–water partition coefficient (Wildman–Crippen LogP) is -0.271. The third-order valence-corrected chi connectivity index (χ3v) is 4.76. The first kappa shape index (κ1) is 22.2. The van der Waals surface area contributed by atoms with Crippen LogP contribution in [0.2, 0.25) is 0 Å². The summed E-state index contributed by atoms with van der Waals surface area (Å²) in [4.78, 5) is 34.2. The Labute approximate surface area is 176 Å². The molecule has 0 atom stereocenters. The number of fused-ring (bicyclic) bond motifs is 2. The van der Waals surface area contributed by atoms with E-state index in [9.17, 15) is 24.9 Å². The van der Waals surface area contributed by atoms with E-state index in [1.165, 1.54) is 12.1 Å². The number of hydrogen-bond donors (Lipinski definition) is 6. The molecule has 0 aliphatic heterocycles. The fourth-order valence-electron chi connectivity index (χ4n) is 3.23. The summed E-state index contributed by atoms with van der Waals surface area (Å²) < 4.78 is 0. The molecule has 0 saturated heterocycles. The molecule has 0 saturated carbocycles. The van der Waals surface area contributed by atoms with E-state index in [2.05, 4.69) is 15.3 Å². The van der Waals surface area contributed by atoms with E-state index < -0.39 is 17.4 Å². The van der Waals surface area contributed by atoms with Gasteiger partial charge < -0.3 is 30.8 Å². The molecule has 0 unspecified atom stereocenters. The second kappa shape index (κ2) is 9.51. The summed E-state index contributed by atoms with van der Waals surface area (Å²) >= 11 is 0. The van der Waals surface area contributed by atoms with E-state index in [0.717, 1.165) is 6.07 Å². The van der Waals surface area contributed by atoms with Crippen molar-refractivity contribution in [1.82, 2.24) is 20.2 Å². The zero-order chi connectivity index (χ0) is 22.5. The Morgan fingerprint density at radius 1 is 0.903 bits per heavy atom. The lowest BCUT2D eigenvalue weighted by molar-refractivity contribution is 0.0945. The van der Waals surface area contributed by atoms with Gasteiger partial charge in [0.25, 0.3) is 5.91 Å². The molecular formula is C20H22N4O7. The van der Waals surface area contributed by atoms with Crippen molar-refractivity contribution >= 4 is 34.3 Å². The largest absolute Gasteiger partial charge is 0.507 e. The Morgan fingerprint density at radius 2 is 1.55 bits per heavy atom. The molecule has 0 aliphatic carbocycles. The number of aliphatic hydroxyl groups is 2. The van der Waals surface area contributed by atoms with Crippen molar-refractivity contribution in [3.05, 3.63) is 29.3 Å². The molecule has 0 aliphatic rings. The van der Waals surface area contributed by atoms with Crippen LogP contribution < -0.4 is 5.32 Å². The molecule has 11 nitrogen and oxygen atoms in total. The maximum Gasteiger partial charge on any atom is 0.253 e. The number of amides is 1. The molecule has 11 heteroatoms. The molecule has 3 rings (SSSR count). The molecule has 6 N–H and O–H groups in total. The first-order valence-electron chi connectivity index (χ1n) is 9.47. The first-order chi connectivity index (χ1) is 14.9. The van der Waals surface area contributed by atoms with Gasteiger partial charge in [-0.2, -0.15) is 0 Å². The van der Waals surface area contributed by atoms with Gasteiger partial charge in [0.2, 0.25) is 0 Å². The number of aliphatic hydroxyl groups excluding tert-OH is 2. The van der Waals surface area contributed by atoms with Crippen molar-refractivity contribution in [1.29, 1.82) is 0 Å². The third kappa shape index (κ3) is 4.48. The van der Waals surface area contributed by atoms with Crippen molar-refractivity contribution in [2.24, 2.45) is 0 Å². The number of hydrogen-bond acceptors (Lipinski definition) is 10. The molecule has 0 bridgehead atoms. The molecule has 1 aromatic heterocycles. The number of carbonyl (C=O) groups is 2. The van der Waals surface area contributed by atoms with E-state index in [4.69, 9.17) is 10.2 Å². The summed E-state index contributed by atoms with van der Waals surface area (Å²) in [5.74, 6) is -1.73. The van der Waals surface area contributed by atoms with Crippen LogP contribution in [0.3, 0.4) is 0 Å². The van der Waals surface area contributed by atoms with Crippen LogP contribution in [0, 0.1) is 0 Å². The van der Waals surface area contributed by atoms with Crippen LogP contribution >= 0.6 is 0 Å². The van der Waals surface area contributed by atoms with Crippen LogP contribution in [0.1, 0.15) is 20.7 Å².